The van der Waals surface area contributed by atoms with E-state index in [0.29, 0.717) is 6.61 Å². The molecule has 1 aromatic heterocycles. The number of hydrogen-bond donors (Lipinski definition) is 1. The Kier molecular flexibility index (Phi) is 5.78. The molecule has 0 amide bonds. The van der Waals surface area contributed by atoms with Crippen LogP contribution in [0.2, 0.25) is 0 Å². The van der Waals surface area contributed by atoms with Crippen LogP contribution in [0, 0.1) is 0 Å². The average Bonchev–Trinajstić information content (AvgIpc) is 3.00. The SMILES string of the molecule is COCc1cc(C(C)NCCn2ccnc2)ccc1OC. The van der Waals surface area contributed by atoms with Gasteiger partial charge in [0, 0.05) is 44.2 Å². The number of nitrogens with one attached hydrogen (secondary N) is 1. The maximum absolute atomic E-state index is 5.35. The first-order valence-corrected chi connectivity index (χ1v) is 7.09. The second-order valence-electron chi connectivity index (χ2n) is 4.98. The third kappa shape index (κ3) is 4.31. The topological polar surface area (TPSA) is 48.3 Å². The van der Waals surface area contributed by atoms with Gasteiger partial charge in [0.2, 0.25) is 0 Å². The van der Waals surface area contributed by atoms with Gasteiger partial charge in [0.1, 0.15) is 5.75 Å². The molecule has 1 atom stereocenters. The van der Waals surface area contributed by atoms with E-state index in [1.165, 1.54) is 5.56 Å². The van der Waals surface area contributed by atoms with Crippen molar-refractivity contribution in [2.24, 2.45) is 0 Å². The van der Waals surface area contributed by atoms with E-state index in [0.717, 1.165) is 24.4 Å². The number of benzene rings is 1. The molecule has 21 heavy (non-hydrogen) atoms. The minimum atomic E-state index is 0.273. The van der Waals surface area contributed by atoms with E-state index in [1.54, 1.807) is 20.4 Å². The highest BCUT2D eigenvalue weighted by Gasteiger charge is 2.09. The Bertz CT molecular complexity index is 540. The van der Waals surface area contributed by atoms with Crippen molar-refractivity contribution in [3.05, 3.63) is 48.0 Å². The lowest BCUT2D eigenvalue weighted by molar-refractivity contribution is 0.181. The standard InChI is InChI=1S/C16H23N3O2/c1-13(18-7-9-19-8-6-17-12-19)14-4-5-16(21-3)15(10-14)11-20-2/h4-6,8,10,12-13,18H,7,9,11H2,1-3H3. The Labute approximate surface area is 125 Å². The summed E-state index contributed by atoms with van der Waals surface area (Å²) in [7, 11) is 3.37. The summed E-state index contributed by atoms with van der Waals surface area (Å²) in [4.78, 5) is 4.04. The number of methoxy groups -OCH3 is 2. The van der Waals surface area contributed by atoms with Gasteiger partial charge in [-0.2, -0.15) is 0 Å². The van der Waals surface area contributed by atoms with Crippen molar-refractivity contribution in [2.45, 2.75) is 26.1 Å². The van der Waals surface area contributed by atoms with E-state index in [4.69, 9.17) is 9.47 Å². The molecular weight excluding hydrogens is 266 g/mol. The molecule has 1 unspecified atom stereocenters. The minimum Gasteiger partial charge on any atom is -0.496 e. The Morgan fingerprint density at radius 3 is 2.86 bits per heavy atom. The van der Waals surface area contributed by atoms with Crippen LogP contribution in [0.15, 0.2) is 36.9 Å². The van der Waals surface area contributed by atoms with Crippen molar-refractivity contribution < 1.29 is 9.47 Å². The van der Waals surface area contributed by atoms with Crippen LogP contribution < -0.4 is 10.1 Å². The van der Waals surface area contributed by atoms with Crippen molar-refractivity contribution in [2.75, 3.05) is 20.8 Å². The van der Waals surface area contributed by atoms with Gasteiger partial charge in [-0.15, -0.1) is 0 Å². The lowest BCUT2D eigenvalue weighted by atomic mass is 10.0. The Hall–Kier alpha value is -1.85. The summed E-state index contributed by atoms with van der Waals surface area (Å²) in [5.74, 6) is 0.867. The zero-order valence-electron chi connectivity index (χ0n) is 12.9. The predicted molar refractivity (Wildman–Crippen MR) is 82.4 cm³/mol. The fourth-order valence-corrected chi connectivity index (χ4v) is 2.28. The summed E-state index contributed by atoms with van der Waals surface area (Å²) in [5.41, 5.74) is 2.30. The zero-order valence-corrected chi connectivity index (χ0v) is 12.9. The summed E-state index contributed by atoms with van der Waals surface area (Å²) in [6.45, 7) is 4.51. The molecular formula is C16H23N3O2. The van der Waals surface area contributed by atoms with E-state index in [1.807, 2.05) is 18.6 Å². The molecule has 1 N–H and O–H groups in total. The minimum absolute atomic E-state index is 0.273. The van der Waals surface area contributed by atoms with Crippen LogP contribution in [0.4, 0.5) is 0 Å². The quantitative estimate of drug-likeness (QED) is 0.810. The monoisotopic (exact) mass is 289 g/mol. The molecule has 0 radical (unpaired) electrons. The fourth-order valence-electron chi connectivity index (χ4n) is 2.28. The number of nitrogens with zero attached hydrogens (tertiary/aromatic N) is 2. The van der Waals surface area contributed by atoms with Gasteiger partial charge in [-0.05, 0) is 24.6 Å². The van der Waals surface area contributed by atoms with Gasteiger partial charge >= 0.3 is 0 Å². The normalized spacial score (nSPS) is 12.3. The molecule has 0 saturated heterocycles. The van der Waals surface area contributed by atoms with E-state index in [9.17, 15) is 0 Å². The molecule has 114 valence electrons. The van der Waals surface area contributed by atoms with Crippen LogP contribution in [-0.2, 0) is 17.9 Å². The first kappa shape index (κ1) is 15.5. The van der Waals surface area contributed by atoms with Crippen molar-refractivity contribution in [1.82, 2.24) is 14.9 Å². The number of ether oxygens (including phenoxy) is 2. The van der Waals surface area contributed by atoms with Gasteiger partial charge in [0.25, 0.3) is 0 Å². The first-order chi connectivity index (χ1) is 10.2. The highest BCUT2D eigenvalue weighted by atomic mass is 16.5. The van der Waals surface area contributed by atoms with E-state index in [-0.39, 0.29) is 6.04 Å². The number of hydrogen-bond acceptors (Lipinski definition) is 4. The molecule has 0 aliphatic rings. The highest BCUT2D eigenvalue weighted by molar-refractivity contribution is 5.38. The van der Waals surface area contributed by atoms with Gasteiger partial charge in [-0.3, -0.25) is 0 Å². The largest absolute Gasteiger partial charge is 0.496 e. The molecule has 5 heteroatoms. The average molecular weight is 289 g/mol. The Balaban J connectivity index is 1.94. The Morgan fingerprint density at radius 2 is 2.19 bits per heavy atom. The Morgan fingerprint density at radius 1 is 1.33 bits per heavy atom. The lowest BCUT2D eigenvalue weighted by Gasteiger charge is -2.17. The lowest BCUT2D eigenvalue weighted by Crippen LogP contribution is -2.23. The molecule has 0 saturated carbocycles. The molecule has 1 aromatic carbocycles. The van der Waals surface area contributed by atoms with Gasteiger partial charge in [0.15, 0.2) is 0 Å². The number of imidazole rings is 1. The molecule has 1 heterocycles. The molecule has 0 aliphatic heterocycles. The van der Waals surface area contributed by atoms with Crippen LogP contribution in [-0.4, -0.2) is 30.3 Å². The van der Waals surface area contributed by atoms with E-state index < -0.39 is 0 Å². The summed E-state index contributed by atoms with van der Waals surface area (Å²) < 4.78 is 12.6. The van der Waals surface area contributed by atoms with E-state index >= 15 is 0 Å². The third-order valence-corrected chi connectivity index (χ3v) is 3.48. The van der Waals surface area contributed by atoms with Crippen LogP contribution in [0.5, 0.6) is 5.75 Å². The van der Waals surface area contributed by atoms with Crippen LogP contribution in [0.25, 0.3) is 0 Å². The molecule has 2 aromatic rings. The fraction of sp³-hybridized carbons (Fsp3) is 0.438. The van der Waals surface area contributed by atoms with Crippen LogP contribution in [0.3, 0.4) is 0 Å². The van der Waals surface area contributed by atoms with Crippen molar-refractivity contribution in [3.8, 4) is 5.75 Å². The van der Waals surface area contributed by atoms with Crippen molar-refractivity contribution >= 4 is 0 Å². The summed E-state index contributed by atoms with van der Waals surface area (Å²) in [5, 5.41) is 3.51. The number of aromatic nitrogens is 2. The smallest absolute Gasteiger partial charge is 0.124 e. The third-order valence-electron chi connectivity index (χ3n) is 3.48. The molecule has 0 fully saturated rings. The molecule has 5 nitrogen and oxygen atoms in total. The van der Waals surface area contributed by atoms with Crippen LogP contribution >= 0.6 is 0 Å². The van der Waals surface area contributed by atoms with Gasteiger partial charge < -0.3 is 19.4 Å². The summed E-state index contributed by atoms with van der Waals surface area (Å²) >= 11 is 0. The second-order valence-corrected chi connectivity index (χ2v) is 4.98. The maximum Gasteiger partial charge on any atom is 0.124 e. The first-order valence-electron chi connectivity index (χ1n) is 7.09. The number of rotatable bonds is 8. The molecule has 0 aliphatic carbocycles. The van der Waals surface area contributed by atoms with Crippen LogP contribution in [0.1, 0.15) is 24.1 Å². The maximum atomic E-state index is 5.35. The molecule has 2 rings (SSSR count). The van der Waals surface area contributed by atoms with E-state index in [2.05, 4.69) is 33.9 Å². The molecule has 0 spiro atoms. The predicted octanol–water partition coefficient (Wildman–Crippen LogP) is 2.39. The van der Waals surface area contributed by atoms with Gasteiger partial charge in [-0.25, -0.2) is 4.98 Å². The second kappa shape index (κ2) is 7.81. The van der Waals surface area contributed by atoms with Gasteiger partial charge in [-0.1, -0.05) is 6.07 Å². The summed E-state index contributed by atoms with van der Waals surface area (Å²) in [6.07, 6.45) is 5.59. The van der Waals surface area contributed by atoms with Crippen molar-refractivity contribution in [3.63, 3.8) is 0 Å². The highest BCUT2D eigenvalue weighted by Crippen LogP contribution is 2.23. The molecule has 0 bridgehead atoms. The van der Waals surface area contributed by atoms with Gasteiger partial charge in [0.05, 0.1) is 20.0 Å². The summed E-state index contributed by atoms with van der Waals surface area (Å²) in [6, 6.07) is 6.50. The van der Waals surface area contributed by atoms with Crippen molar-refractivity contribution in [1.29, 1.82) is 0 Å². The zero-order chi connectivity index (χ0) is 15.1.